The molecule has 18 heavy (non-hydrogen) atoms. The van der Waals surface area contributed by atoms with Gasteiger partial charge in [0.25, 0.3) is 0 Å². The number of ketones is 2. The molecule has 0 aliphatic heterocycles. The molecule has 0 unspecified atom stereocenters. The Kier molecular flexibility index (Phi) is 3.53. The molecule has 0 aliphatic carbocycles. The molecule has 0 N–H and O–H groups in total. The zero-order chi connectivity index (χ0) is 13.0. The minimum Gasteiger partial charge on any atom is -0.461 e. The molecule has 3 nitrogen and oxygen atoms in total. The van der Waals surface area contributed by atoms with Gasteiger partial charge in [0.2, 0.25) is 5.78 Å². The number of hydrogen-bond acceptors (Lipinski definition) is 3. The van der Waals surface area contributed by atoms with Crippen LogP contribution in [-0.4, -0.2) is 11.6 Å². The van der Waals surface area contributed by atoms with Gasteiger partial charge in [-0.2, -0.15) is 0 Å². The molecule has 1 aromatic heterocycles. The summed E-state index contributed by atoms with van der Waals surface area (Å²) in [5.74, 6) is -0.496. The normalized spacial score (nSPS) is 11.3. The SMILES string of the molecule is CC(=O)/C(=C/c1ccccc1)C(=O)c1ccco1. The van der Waals surface area contributed by atoms with Gasteiger partial charge in [-0.15, -0.1) is 0 Å². The second-order valence-corrected chi connectivity index (χ2v) is 3.83. The minimum absolute atomic E-state index is 0.121. The van der Waals surface area contributed by atoms with Crippen LogP contribution in [0.15, 0.2) is 58.7 Å². The maximum absolute atomic E-state index is 12.1. The van der Waals surface area contributed by atoms with Crippen LogP contribution in [0.5, 0.6) is 0 Å². The predicted octanol–water partition coefficient (Wildman–Crippen LogP) is 3.13. The summed E-state index contributed by atoms with van der Waals surface area (Å²) in [7, 11) is 0. The molecule has 90 valence electrons. The van der Waals surface area contributed by atoms with Crippen molar-refractivity contribution in [2.75, 3.05) is 0 Å². The highest BCUT2D eigenvalue weighted by molar-refractivity contribution is 6.27. The molecule has 0 aliphatic rings. The molecular formula is C15H12O3. The summed E-state index contributed by atoms with van der Waals surface area (Å²) in [5.41, 5.74) is 0.929. The second kappa shape index (κ2) is 5.27. The Hall–Kier alpha value is -2.42. The van der Waals surface area contributed by atoms with Gasteiger partial charge in [0.05, 0.1) is 11.8 Å². The summed E-state index contributed by atoms with van der Waals surface area (Å²) < 4.78 is 5.02. The van der Waals surface area contributed by atoms with Gasteiger partial charge < -0.3 is 4.42 Å². The van der Waals surface area contributed by atoms with Gasteiger partial charge in [-0.3, -0.25) is 9.59 Å². The van der Waals surface area contributed by atoms with Crippen LogP contribution >= 0.6 is 0 Å². The fraction of sp³-hybridized carbons (Fsp3) is 0.0667. The maximum Gasteiger partial charge on any atom is 0.231 e. The highest BCUT2D eigenvalue weighted by Gasteiger charge is 2.18. The van der Waals surface area contributed by atoms with Crippen LogP contribution in [0.1, 0.15) is 23.0 Å². The number of rotatable bonds is 4. The fourth-order valence-electron chi connectivity index (χ4n) is 1.58. The lowest BCUT2D eigenvalue weighted by Crippen LogP contribution is -2.09. The lowest BCUT2D eigenvalue weighted by molar-refractivity contribution is -0.113. The molecule has 2 aromatic rings. The van der Waals surface area contributed by atoms with E-state index >= 15 is 0 Å². The number of benzene rings is 1. The van der Waals surface area contributed by atoms with E-state index in [2.05, 4.69) is 0 Å². The van der Waals surface area contributed by atoms with Gasteiger partial charge in [-0.25, -0.2) is 0 Å². The van der Waals surface area contributed by atoms with Crippen molar-refractivity contribution in [3.05, 3.63) is 65.6 Å². The molecule has 0 fully saturated rings. The van der Waals surface area contributed by atoms with E-state index in [1.54, 1.807) is 18.2 Å². The topological polar surface area (TPSA) is 47.3 Å². The van der Waals surface area contributed by atoms with Crippen LogP contribution < -0.4 is 0 Å². The summed E-state index contributed by atoms with van der Waals surface area (Å²) in [6.07, 6.45) is 2.99. The van der Waals surface area contributed by atoms with E-state index in [1.165, 1.54) is 13.2 Å². The average molecular weight is 240 g/mol. The quantitative estimate of drug-likeness (QED) is 0.357. The number of carbonyl (C=O) groups excluding carboxylic acids is 2. The molecule has 0 radical (unpaired) electrons. The van der Waals surface area contributed by atoms with E-state index in [1.807, 2.05) is 30.3 Å². The van der Waals surface area contributed by atoms with E-state index in [0.29, 0.717) is 0 Å². The third kappa shape index (κ3) is 2.63. The van der Waals surface area contributed by atoms with Crippen LogP contribution in [-0.2, 0) is 4.79 Å². The zero-order valence-electron chi connectivity index (χ0n) is 9.92. The summed E-state index contributed by atoms with van der Waals surface area (Å²) >= 11 is 0. The van der Waals surface area contributed by atoms with Gasteiger partial charge in [-0.05, 0) is 30.7 Å². The third-order valence-electron chi connectivity index (χ3n) is 2.48. The monoisotopic (exact) mass is 240 g/mol. The molecule has 0 atom stereocenters. The largest absolute Gasteiger partial charge is 0.461 e. The van der Waals surface area contributed by atoms with Crippen molar-refractivity contribution in [2.45, 2.75) is 6.92 Å². The summed E-state index contributed by atoms with van der Waals surface area (Å²) in [5, 5.41) is 0. The summed E-state index contributed by atoms with van der Waals surface area (Å²) in [4.78, 5) is 23.6. The molecule has 0 bridgehead atoms. The first-order valence-electron chi connectivity index (χ1n) is 5.54. The molecule has 0 amide bonds. The molecule has 0 spiro atoms. The Bertz CT molecular complexity index is 577. The molecule has 1 aromatic carbocycles. The summed E-state index contributed by atoms with van der Waals surface area (Å²) in [6, 6.07) is 12.4. The Morgan fingerprint density at radius 3 is 2.33 bits per heavy atom. The number of Topliss-reactive ketones (excluding diaryl/α,β-unsaturated/α-hetero) is 2. The second-order valence-electron chi connectivity index (χ2n) is 3.83. The molecule has 2 rings (SSSR count). The van der Waals surface area contributed by atoms with Crippen molar-refractivity contribution in [1.29, 1.82) is 0 Å². The van der Waals surface area contributed by atoms with Gasteiger partial charge in [0.1, 0.15) is 0 Å². The first-order chi connectivity index (χ1) is 8.68. The van der Waals surface area contributed by atoms with Gasteiger partial charge in [0.15, 0.2) is 11.5 Å². The van der Waals surface area contributed by atoms with E-state index in [-0.39, 0.29) is 17.1 Å². The molecule has 3 heteroatoms. The van der Waals surface area contributed by atoms with E-state index in [0.717, 1.165) is 5.56 Å². The maximum atomic E-state index is 12.1. The van der Waals surface area contributed by atoms with Crippen molar-refractivity contribution in [3.8, 4) is 0 Å². The molecule has 0 saturated heterocycles. The number of allylic oxidation sites excluding steroid dienone is 1. The van der Waals surface area contributed by atoms with Crippen molar-refractivity contribution in [3.63, 3.8) is 0 Å². The Morgan fingerprint density at radius 2 is 1.78 bits per heavy atom. The van der Waals surface area contributed by atoms with Crippen LogP contribution in [0.2, 0.25) is 0 Å². The number of furan rings is 1. The van der Waals surface area contributed by atoms with Crippen LogP contribution in [0, 0.1) is 0 Å². The zero-order valence-corrected chi connectivity index (χ0v) is 9.92. The number of carbonyl (C=O) groups is 2. The van der Waals surface area contributed by atoms with Gasteiger partial charge >= 0.3 is 0 Å². The van der Waals surface area contributed by atoms with Crippen molar-refractivity contribution in [2.24, 2.45) is 0 Å². The third-order valence-corrected chi connectivity index (χ3v) is 2.48. The molecule has 0 saturated carbocycles. The first-order valence-corrected chi connectivity index (χ1v) is 5.54. The lowest BCUT2D eigenvalue weighted by atomic mass is 10.0. The minimum atomic E-state index is -0.392. The van der Waals surface area contributed by atoms with E-state index < -0.39 is 5.78 Å². The lowest BCUT2D eigenvalue weighted by Gasteiger charge is -2.00. The highest BCUT2D eigenvalue weighted by Crippen LogP contribution is 2.14. The van der Waals surface area contributed by atoms with Crippen molar-refractivity contribution >= 4 is 17.6 Å². The van der Waals surface area contributed by atoms with Crippen molar-refractivity contribution in [1.82, 2.24) is 0 Å². The number of hydrogen-bond donors (Lipinski definition) is 0. The standard InChI is InChI=1S/C15H12O3/c1-11(16)13(10-12-6-3-2-4-7-12)15(17)14-8-5-9-18-14/h2-10H,1H3/b13-10-. The Labute approximate surface area is 105 Å². The van der Waals surface area contributed by atoms with Crippen molar-refractivity contribution < 1.29 is 14.0 Å². The van der Waals surface area contributed by atoms with Gasteiger partial charge in [-0.1, -0.05) is 30.3 Å². The molecule has 1 heterocycles. The Balaban J connectivity index is 2.38. The van der Waals surface area contributed by atoms with Gasteiger partial charge in [0, 0.05) is 0 Å². The van der Waals surface area contributed by atoms with E-state index in [4.69, 9.17) is 4.42 Å². The van der Waals surface area contributed by atoms with Crippen LogP contribution in [0.25, 0.3) is 6.08 Å². The summed E-state index contributed by atoms with van der Waals surface area (Å²) in [6.45, 7) is 1.37. The van der Waals surface area contributed by atoms with Crippen LogP contribution in [0.4, 0.5) is 0 Å². The first kappa shape index (κ1) is 12.0. The smallest absolute Gasteiger partial charge is 0.231 e. The average Bonchev–Trinajstić information content (AvgIpc) is 2.90. The molecular weight excluding hydrogens is 228 g/mol. The fourth-order valence-corrected chi connectivity index (χ4v) is 1.58. The Morgan fingerprint density at radius 1 is 1.06 bits per heavy atom. The van der Waals surface area contributed by atoms with Crippen LogP contribution in [0.3, 0.4) is 0 Å². The van der Waals surface area contributed by atoms with E-state index in [9.17, 15) is 9.59 Å². The highest BCUT2D eigenvalue weighted by atomic mass is 16.3. The predicted molar refractivity (Wildman–Crippen MR) is 68.1 cm³/mol.